The molecule has 0 bridgehead atoms. The SMILES string of the molecule is CCn1ccc(=O)n(CC(=O)N2CCCNCC2)c1=O. The first-order valence-electron chi connectivity index (χ1n) is 6.92. The molecule has 0 aromatic carbocycles. The standard InChI is InChI=1S/C13H20N4O3/c1-2-15-8-4-11(18)17(13(15)20)10-12(19)16-7-3-5-14-6-9-16/h4,8,14H,2-3,5-7,9-10H2,1H3. The van der Waals surface area contributed by atoms with Gasteiger partial charge in [0.2, 0.25) is 5.91 Å². The Morgan fingerprint density at radius 2 is 2.10 bits per heavy atom. The minimum Gasteiger partial charge on any atom is -0.340 e. The van der Waals surface area contributed by atoms with Gasteiger partial charge in [0, 0.05) is 38.4 Å². The fourth-order valence-corrected chi connectivity index (χ4v) is 2.27. The topological polar surface area (TPSA) is 76.3 Å². The first-order chi connectivity index (χ1) is 9.63. The third kappa shape index (κ3) is 3.16. The molecule has 0 spiro atoms. The van der Waals surface area contributed by atoms with Gasteiger partial charge in [0.15, 0.2) is 0 Å². The Bertz CT molecular complexity index is 582. The van der Waals surface area contributed by atoms with E-state index in [0.29, 0.717) is 19.6 Å². The number of hydrogen-bond acceptors (Lipinski definition) is 4. The summed E-state index contributed by atoms with van der Waals surface area (Å²) < 4.78 is 2.42. The molecule has 2 heterocycles. The predicted octanol–water partition coefficient (Wildman–Crippen LogP) is -1.15. The Kier molecular flexibility index (Phi) is 4.73. The molecule has 1 aromatic rings. The van der Waals surface area contributed by atoms with Gasteiger partial charge in [-0.05, 0) is 19.9 Å². The summed E-state index contributed by atoms with van der Waals surface area (Å²) in [6.07, 6.45) is 2.34. The van der Waals surface area contributed by atoms with E-state index in [4.69, 9.17) is 0 Å². The molecular weight excluding hydrogens is 260 g/mol. The Labute approximate surface area is 116 Å². The number of aryl methyl sites for hydroxylation is 1. The van der Waals surface area contributed by atoms with Crippen molar-refractivity contribution in [2.75, 3.05) is 26.2 Å². The zero-order chi connectivity index (χ0) is 14.5. The molecule has 0 radical (unpaired) electrons. The van der Waals surface area contributed by atoms with Crippen molar-refractivity contribution in [3.63, 3.8) is 0 Å². The van der Waals surface area contributed by atoms with Crippen LogP contribution in [0.15, 0.2) is 21.9 Å². The van der Waals surface area contributed by atoms with E-state index in [1.54, 1.807) is 4.90 Å². The van der Waals surface area contributed by atoms with Crippen molar-refractivity contribution >= 4 is 5.91 Å². The maximum atomic E-state index is 12.2. The van der Waals surface area contributed by atoms with Gasteiger partial charge in [-0.15, -0.1) is 0 Å². The molecule has 1 aromatic heterocycles. The molecule has 0 saturated carbocycles. The number of rotatable bonds is 3. The highest BCUT2D eigenvalue weighted by atomic mass is 16.2. The van der Waals surface area contributed by atoms with Gasteiger partial charge in [-0.1, -0.05) is 0 Å². The Balaban J connectivity index is 2.19. The molecule has 1 aliphatic rings. The van der Waals surface area contributed by atoms with Crippen LogP contribution in [0.1, 0.15) is 13.3 Å². The number of hydrogen-bond donors (Lipinski definition) is 1. The van der Waals surface area contributed by atoms with Gasteiger partial charge in [0.25, 0.3) is 5.56 Å². The van der Waals surface area contributed by atoms with E-state index >= 15 is 0 Å². The minimum absolute atomic E-state index is 0.179. The number of nitrogens with one attached hydrogen (secondary N) is 1. The van der Waals surface area contributed by atoms with Gasteiger partial charge in [-0.3, -0.25) is 14.2 Å². The molecule has 1 N–H and O–H groups in total. The van der Waals surface area contributed by atoms with Crippen molar-refractivity contribution in [3.8, 4) is 0 Å². The molecule has 7 heteroatoms. The van der Waals surface area contributed by atoms with Gasteiger partial charge < -0.3 is 14.8 Å². The molecule has 1 aliphatic heterocycles. The number of amides is 1. The Hall–Kier alpha value is -1.89. The number of nitrogens with zero attached hydrogens (tertiary/aromatic N) is 3. The summed E-state index contributed by atoms with van der Waals surface area (Å²) in [5.74, 6) is -0.179. The third-order valence-corrected chi connectivity index (χ3v) is 3.47. The monoisotopic (exact) mass is 280 g/mol. The molecule has 0 aliphatic carbocycles. The molecule has 110 valence electrons. The lowest BCUT2D eigenvalue weighted by Gasteiger charge is -2.20. The highest BCUT2D eigenvalue weighted by molar-refractivity contribution is 5.76. The third-order valence-electron chi connectivity index (χ3n) is 3.47. The van der Waals surface area contributed by atoms with Gasteiger partial charge in [-0.25, -0.2) is 4.79 Å². The molecule has 2 rings (SSSR count). The summed E-state index contributed by atoms with van der Waals surface area (Å²) in [5.41, 5.74) is -0.859. The van der Waals surface area contributed by atoms with Crippen LogP contribution in [-0.4, -0.2) is 46.1 Å². The molecule has 20 heavy (non-hydrogen) atoms. The lowest BCUT2D eigenvalue weighted by Crippen LogP contribution is -2.44. The van der Waals surface area contributed by atoms with Crippen LogP contribution in [0, 0.1) is 0 Å². The molecule has 1 fully saturated rings. The van der Waals surface area contributed by atoms with Crippen molar-refractivity contribution in [1.29, 1.82) is 0 Å². The van der Waals surface area contributed by atoms with Crippen LogP contribution in [-0.2, 0) is 17.9 Å². The summed E-state index contributed by atoms with van der Waals surface area (Å²) in [6, 6.07) is 1.32. The van der Waals surface area contributed by atoms with Crippen molar-refractivity contribution in [2.24, 2.45) is 0 Å². The van der Waals surface area contributed by atoms with Crippen molar-refractivity contribution in [1.82, 2.24) is 19.4 Å². The van der Waals surface area contributed by atoms with Crippen LogP contribution in [0.5, 0.6) is 0 Å². The lowest BCUT2D eigenvalue weighted by atomic mass is 10.3. The summed E-state index contributed by atoms with van der Waals surface area (Å²) in [5, 5.41) is 3.21. The first kappa shape index (κ1) is 14.5. The molecule has 1 saturated heterocycles. The number of carbonyl (C=O) groups is 1. The van der Waals surface area contributed by atoms with Crippen LogP contribution in [0.2, 0.25) is 0 Å². The van der Waals surface area contributed by atoms with Gasteiger partial charge in [0.05, 0.1) is 0 Å². The van der Waals surface area contributed by atoms with Crippen molar-refractivity contribution in [2.45, 2.75) is 26.4 Å². The number of aromatic nitrogens is 2. The van der Waals surface area contributed by atoms with Crippen LogP contribution in [0.3, 0.4) is 0 Å². The van der Waals surface area contributed by atoms with Crippen LogP contribution < -0.4 is 16.6 Å². The summed E-state index contributed by atoms with van der Waals surface area (Å²) >= 11 is 0. The van der Waals surface area contributed by atoms with Crippen LogP contribution in [0.4, 0.5) is 0 Å². The molecular formula is C13H20N4O3. The number of carbonyl (C=O) groups excluding carboxylic acids is 1. The van der Waals surface area contributed by atoms with E-state index in [1.807, 2.05) is 6.92 Å². The van der Waals surface area contributed by atoms with Gasteiger partial charge in [-0.2, -0.15) is 0 Å². The molecule has 7 nitrogen and oxygen atoms in total. The fourth-order valence-electron chi connectivity index (χ4n) is 2.27. The largest absolute Gasteiger partial charge is 0.340 e. The van der Waals surface area contributed by atoms with Crippen LogP contribution in [0.25, 0.3) is 0 Å². The highest BCUT2D eigenvalue weighted by Gasteiger charge is 2.17. The quantitative estimate of drug-likeness (QED) is 0.759. The first-order valence-corrected chi connectivity index (χ1v) is 6.92. The van der Waals surface area contributed by atoms with E-state index in [1.165, 1.54) is 16.8 Å². The van der Waals surface area contributed by atoms with Crippen LogP contribution >= 0.6 is 0 Å². The second-order valence-corrected chi connectivity index (χ2v) is 4.79. The zero-order valence-electron chi connectivity index (χ0n) is 11.7. The zero-order valence-corrected chi connectivity index (χ0v) is 11.7. The smallest absolute Gasteiger partial charge is 0.331 e. The maximum absolute atomic E-state index is 12.2. The Morgan fingerprint density at radius 1 is 1.30 bits per heavy atom. The second-order valence-electron chi connectivity index (χ2n) is 4.79. The second kappa shape index (κ2) is 6.51. The maximum Gasteiger partial charge on any atom is 0.331 e. The average Bonchev–Trinajstić information content (AvgIpc) is 2.72. The Morgan fingerprint density at radius 3 is 2.85 bits per heavy atom. The average molecular weight is 280 g/mol. The van der Waals surface area contributed by atoms with Gasteiger partial charge >= 0.3 is 5.69 Å². The highest BCUT2D eigenvalue weighted by Crippen LogP contribution is 1.97. The van der Waals surface area contributed by atoms with E-state index < -0.39 is 11.2 Å². The minimum atomic E-state index is -0.430. The normalized spacial score (nSPS) is 15.9. The van der Waals surface area contributed by atoms with E-state index in [2.05, 4.69) is 5.32 Å². The van der Waals surface area contributed by atoms with E-state index in [-0.39, 0.29) is 12.5 Å². The predicted molar refractivity (Wildman–Crippen MR) is 74.7 cm³/mol. The molecule has 0 unspecified atom stereocenters. The van der Waals surface area contributed by atoms with Crippen molar-refractivity contribution < 1.29 is 4.79 Å². The lowest BCUT2D eigenvalue weighted by molar-refractivity contribution is -0.131. The fraction of sp³-hybridized carbons (Fsp3) is 0.615. The van der Waals surface area contributed by atoms with Gasteiger partial charge in [0.1, 0.15) is 6.54 Å². The molecule has 0 atom stereocenters. The summed E-state index contributed by atoms with van der Waals surface area (Å²) in [6.45, 7) is 5.02. The van der Waals surface area contributed by atoms with Crippen molar-refractivity contribution in [3.05, 3.63) is 33.1 Å². The summed E-state index contributed by atoms with van der Waals surface area (Å²) in [7, 11) is 0. The van der Waals surface area contributed by atoms with E-state index in [0.717, 1.165) is 24.1 Å². The molecule has 1 amide bonds. The van der Waals surface area contributed by atoms with E-state index in [9.17, 15) is 14.4 Å². The summed E-state index contributed by atoms with van der Waals surface area (Å²) in [4.78, 5) is 37.7.